The third kappa shape index (κ3) is 3.05. The van der Waals surface area contributed by atoms with Gasteiger partial charge in [0.25, 0.3) is 0 Å². The van der Waals surface area contributed by atoms with E-state index in [2.05, 4.69) is 37.9 Å². The van der Waals surface area contributed by atoms with Crippen LogP contribution in [0.1, 0.15) is 26.3 Å². The van der Waals surface area contributed by atoms with Crippen molar-refractivity contribution in [2.75, 3.05) is 0 Å². The van der Waals surface area contributed by atoms with E-state index in [1.54, 1.807) is 0 Å². The van der Waals surface area contributed by atoms with Crippen molar-refractivity contribution < 1.29 is 4.74 Å². The van der Waals surface area contributed by atoms with Crippen LogP contribution in [0.15, 0.2) is 60.7 Å². The van der Waals surface area contributed by atoms with Crippen molar-refractivity contribution in [1.29, 1.82) is 0 Å². The first-order valence-electron chi connectivity index (χ1n) is 7.16. The Bertz CT molecular complexity index is 754. The Morgan fingerprint density at radius 3 is 2.24 bits per heavy atom. The van der Waals surface area contributed by atoms with Crippen LogP contribution in [0.4, 0.5) is 0 Å². The lowest BCUT2D eigenvalue weighted by Gasteiger charge is -2.19. The number of hydrogen-bond acceptors (Lipinski definition) is 2. The van der Waals surface area contributed by atoms with Gasteiger partial charge in [-0.3, -0.25) is 0 Å². The summed E-state index contributed by atoms with van der Waals surface area (Å²) in [5, 5.41) is 1.12. The molecule has 2 heteroatoms. The van der Waals surface area contributed by atoms with Gasteiger partial charge in [0, 0.05) is 11.5 Å². The summed E-state index contributed by atoms with van der Waals surface area (Å²) in [6, 6.07) is 20.2. The first kappa shape index (κ1) is 13.6. The van der Waals surface area contributed by atoms with E-state index in [0.29, 0.717) is 5.88 Å². The van der Waals surface area contributed by atoms with Crippen molar-refractivity contribution in [3.05, 3.63) is 66.2 Å². The van der Waals surface area contributed by atoms with E-state index in [9.17, 15) is 0 Å². The molecule has 0 aliphatic rings. The average molecular weight is 277 g/mol. The van der Waals surface area contributed by atoms with Crippen LogP contribution in [0.25, 0.3) is 10.9 Å². The van der Waals surface area contributed by atoms with E-state index >= 15 is 0 Å². The predicted molar refractivity (Wildman–Crippen MR) is 87.0 cm³/mol. The maximum atomic E-state index is 5.84. The highest BCUT2D eigenvalue weighted by Gasteiger charge is 2.13. The molecule has 0 amide bonds. The van der Waals surface area contributed by atoms with Gasteiger partial charge in [0.05, 0.1) is 5.52 Å². The third-order valence-electron chi connectivity index (χ3n) is 3.52. The number of ether oxygens (including phenoxy) is 1. The van der Waals surface area contributed by atoms with Gasteiger partial charge >= 0.3 is 0 Å². The lowest BCUT2D eigenvalue weighted by molar-refractivity contribution is 0.464. The maximum Gasteiger partial charge on any atom is 0.219 e. The molecule has 3 rings (SSSR count). The summed E-state index contributed by atoms with van der Waals surface area (Å²) in [5.74, 6) is 1.43. The van der Waals surface area contributed by atoms with E-state index in [0.717, 1.165) is 16.7 Å². The molecule has 0 fully saturated rings. The maximum absolute atomic E-state index is 5.84. The van der Waals surface area contributed by atoms with Crippen molar-refractivity contribution in [2.45, 2.75) is 26.2 Å². The van der Waals surface area contributed by atoms with Gasteiger partial charge in [-0.15, -0.1) is 0 Å². The van der Waals surface area contributed by atoms with Crippen molar-refractivity contribution in [2.24, 2.45) is 0 Å². The summed E-state index contributed by atoms with van der Waals surface area (Å²) in [6.45, 7) is 6.61. The van der Waals surface area contributed by atoms with Gasteiger partial charge in [-0.25, -0.2) is 4.98 Å². The smallest absolute Gasteiger partial charge is 0.219 e. The van der Waals surface area contributed by atoms with Crippen molar-refractivity contribution in [3.63, 3.8) is 0 Å². The average Bonchev–Trinajstić information content (AvgIpc) is 2.47. The minimum Gasteiger partial charge on any atom is -0.439 e. The molecule has 0 aliphatic carbocycles. The fourth-order valence-electron chi connectivity index (χ4n) is 2.25. The SMILES string of the molecule is CC(C)(C)c1ccc(Oc2ccc3ccccc3n2)cc1. The predicted octanol–water partition coefficient (Wildman–Crippen LogP) is 5.32. The Hall–Kier alpha value is -2.35. The third-order valence-corrected chi connectivity index (χ3v) is 3.52. The van der Waals surface area contributed by atoms with Crippen LogP contribution in [0, 0.1) is 0 Å². The molecule has 2 aromatic carbocycles. The minimum absolute atomic E-state index is 0.153. The molecule has 0 N–H and O–H groups in total. The summed E-state index contributed by atoms with van der Waals surface area (Å²) < 4.78 is 5.84. The fraction of sp³-hybridized carbons (Fsp3) is 0.211. The molecular formula is C19H19NO. The zero-order valence-electron chi connectivity index (χ0n) is 12.6. The zero-order chi connectivity index (χ0) is 14.9. The highest BCUT2D eigenvalue weighted by molar-refractivity contribution is 5.78. The van der Waals surface area contributed by atoms with Gasteiger partial charge in [-0.2, -0.15) is 0 Å². The van der Waals surface area contributed by atoms with E-state index in [1.807, 2.05) is 48.5 Å². The van der Waals surface area contributed by atoms with Gasteiger partial charge in [0.15, 0.2) is 0 Å². The van der Waals surface area contributed by atoms with Gasteiger partial charge < -0.3 is 4.74 Å². The summed E-state index contributed by atoms with van der Waals surface area (Å²) in [7, 11) is 0. The molecule has 2 nitrogen and oxygen atoms in total. The number of pyridine rings is 1. The van der Waals surface area contributed by atoms with Crippen LogP contribution in [-0.2, 0) is 5.41 Å². The van der Waals surface area contributed by atoms with E-state index in [4.69, 9.17) is 4.74 Å². The first-order chi connectivity index (χ1) is 10.0. The quantitative estimate of drug-likeness (QED) is 0.632. The summed E-state index contributed by atoms with van der Waals surface area (Å²) in [6.07, 6.45) is 0. The molecule has 0 aliphatic heterocycles. The second-order valence-corrected chi connectivity index (χ2v) is 6.22. The first-order valence-corrected chi connectivity index (χ1v) is 7.16. The molecule has 0 saturated heterocycles. The second-order valence-electron chi connectivity index (χ2n) is 6.22. The Kier molecular flexibility index (Phi) is 3.38. The highest BCUT2D eigenvalue weighted by Crippen LogP contribution is 2.27. The molecule has 0 atom stereocenters. The summed E-state index contributed by atoms with van der Waals surface area (Å²) >= 11 is 0. The van der Waals surface area contributed by atoms with Crippen LogP contribution in [0.3, 0.4) is 0 Å². The summed E-state index contributed by atoms with van der Waals surface area (Å²) in [5.41, 5.74) is 2.39. The van der Waals surface area contributed by atoms with Gasteiger partial charge in [0.1, 0.15) is 5.75 Å². The van der Waals surface area contributed by atoms with Crippen LogP contribution in [0.5, 0.6) is 11.6 Å². The van der Waals surface area contributed by atoms with E-state index in [1.165, 1.54) is 5.56 Å². The molecule has 3 aromatic rings. The Balaban J connectivity index is 1.84. The zero-order valence-corrected chi connectivity index (χ0v) is 12.6. The molecule has 1 aromatic heterocycles. The standard InChI is InChI=1S/C19H19NO/c1-19(2,3)15-9-11-16(12-10-15)21-18-13-8-14-6-4-5-7-17(14)20-18/h4-13H,1-3H3. The van der Waals surface area contributed by atoms with Crippen LogP contribution < -0.4 is 4.74 Å². The lowest BCUT2D eigenvalue weighted by atomic mass is 9.87. The van der Waals surface area contributed by atoms with Crippen molar-refractivity contribution >= 4 is 10.9 Å². The molecule has 21 heavy (non-hydrogen) atoms. The van der Waals surface area contributed by atoms with Crippen LogP contribution in [-0.4, -0.2) is 4.98 Å². The lowest BCUT2D eigenvalue weighted by Crippen LogP contribution is -2.10. The molecule has 0 saturated carbocycles. The molecule has 0 unspecified atom stereocenters. The molecule has 1 heterocycles. The number of hydrogen-bond donors (Lipinski definition) is 0. The largest absolute Gasteiger partial charge is 0.439 e. The topological polar surface area (TPSA) is 22.1 Å². The minimum atomic E-state index is 0.153. The van der Waals surface area contributed by atoms with Gasteiger partial charge in [0.2, 0.25) is 5.88 Å². The van der Waals surface area contributed by atoms with Crippen LogP contribution in [0.2, 0.25) is 0 Å². The van der Waals surface area contributed by atoms with E-state index < -0.39 is 0 Å². The number of rotatable bonds is 2. The Labute approximate surface area is 125 Å². The highest BCUT2D eigenvalue weighted by atomic mass is 16.5. The van der Waals surface area contributed by atoms with Crippen molar-refractivity contribution in [1.82, 2.24) is 4.98 Å². The molecule has 106 valence electrons. The number of benzene rings is 2. The Morgan fingerprint density at radius 1 is 0.810 bits per heavy atom. The van der Waals surface area contributed by atoms with Crippen molar-refractivity contribution in [3.8, 4) is 11.6 Å². The number of fused-ring (bicyclic) bond motifs is 1. The number of aromatic nitrogens is 1. The number of nitrogens with zero attached hydrogens (tertiary/aromatic N) is 1. The van der Waals surface area contributed by atoms with Crippen LogP contribution >= 0.6 is 0 Å². The molecular weight excluding hydrogens is 258 g/mol. The second kappa shape index (κ2) is 5.21. The molecule has 0 radical (unpaired) electrons. The fourth-order valence-corrected chi connectivity index (χ4v) is 2.25. The summed E-state index contributed by atoms with van der Waals surface area (Å²) in [4.78, 5) is 4.52. The van der Waals surface area contributed by atoms with Gasteiger partial charge in [-0.1, -0.05) is 51.1 Å². The Morgan fingerprint density at radius 2 is 1.52 bits per heavy atom. The van der Waals surface area contributed by atoms with E-state index in [-0.39, 0.29) is 5.41 Å². The van der Waals surface area contributed by atoms with Gasteiger partial charge in [-0.05, 0) is 35.2 Å². The number of para-hydroxylation sites is 1. The normalized spacial score (nSPS) is 11.6. The molecule has 0 spiro atoms. The monoisotopic (exact) mass is 277 g/mol. The molecule has 0 bridgehead atoms.